The Morgan fingerprint density at radius 3 is 2.81 bits per heavy atom. The average molecular weight is 359 g/mol. The second-order valence-electron chi connectivity index (χ2n) is 7.52. The maximum Gasteiger partial charge on any atom is 0.128 e. The molecule has 1 aliphatic rings. The molecule has 0 amide bonds. The van der Waals surface area contributed by atoms with Gasteiger partial charge >= 0.3 is 0 Å². The first-order chi connectivity index (χ1) is 13.3. The number of hydrogen-bond donors (Lipinski definition) is 0. The summed E-state index contributed by atoms with van der Waals surface area (Å²) < 4.78 is 6.10. The van der Waals surface area contributed by atoms with Crippen LogP contribution < -0.4 is 4.74 Å². The number of rotatable bonds is 6. The third-order valence-corrected chi connectivity index (χ3v) is 5.50. The van der Waals surface area contributed by atoms with Gasteiger partial charge in [-0.25, -0.2) is 0 Å². The fraction of sp³-hybridized carbons (Fsp3) is 0.375. The standard InChI is InChI=1S/C24H27N2O/c1-19-10-11-22-23(25-19)8-5-9-24(22)27-17-16-26-14-12-21(13-15-26)18-20-6-3-2-4-7-20/h2-3,5-11,21H,12-18H2,1H3. The van der Waals surface area contributed by atoms with Gasteiger partial charge in [0.05, 0.1) is 5.52 Å². The molecule has 3 heteroatoms. The predicted molar refractivity (Wildman–Crippen MR) is 110 cm³/mol. The number of aryl methyl sites for hydroxylation is 1. The van der Waals surface area contributed by atoms with E-state index in [1.807, 2.05) is 37.3 Å². The Morgan fingerprint density at radius 2 is 2.00 bits per heavy atom. The van der Waals surface area contributed by atoms with Crippen LogP contribution in [0.4, 0.5) is 0 Å². The number of hydrogen-bond acceptors (Lipinski definition) is 3. The van der Waals surface area contributed by atoms with Crippen molar-refractivity contribution in [2.75, 3.05) is 26.2 Å². The van der Waals surface area contributed by atoms with Gasteiger partial charge in [0.15, 0.2) is 0 Å². The van der Waals surface area contributed by atoms with Crippen molar-refractivity contribution >= 4 is 10.9 Å². The fourth-order valence-electron chi connectivity index (χ4n) is 3.94. The molecule has 0 unspecified atom stereocenters. The van der Waals surface area contributed by atoms with Crippen molar-refractivity contribution in [3.63, 3.8) is 0 Å². The van der Waals surface area contributed by atoms with E-state index in [1.54, 1.807) is 0 Å². The Bertz CT molecular complexity index is 870. The first-order valence-electron chi connectivity index (χ1n) is 9.94. The molecule has 0 aliphatic carbocycles. The van der Waals surface area contributed by atoms with Gasteiger partial charge in [0.25, 0.3) is 0 Å². The van der Waals surface area contributed by atoms with E-state index >= 15 is 0 Å². The number of fused-ring (bicyclic) bond motifs is 1. The number of pyridine rings is 1. The van der Waals surface area contributed by atoms with Gasteiger partial charge in [-0.1, -0.05) is 30.3 Å². The summed E-state index contributed by atoms with van der Waals surface area (Å²) in [6, 6.07) is 21.9. The van der Waals surface area contributed by atoms with E-state index in [0.717, 1.165) is 41.4 Å². The van der Waals surface area contributed by atoms with Gasteiger partial charge in [0.1, 0.15) is 12.4 Å². The molecule has 0 N–H and O–H groups in total. The van der Waals surface area contributed by atoms with Crippen LogP contribution in [-0.4, -0.2) is 36.1 Å². The molecule has 2 heterocycles. The number of benzene rings is 2. The zero-order valence-corrected chi connectivity index (χ0v) is 16.0. The summed E-state index contributed by atoms with van der Waals surface area (Å²) in [5, 5.41) is 1.10. The molecular weight excluding hydrogens is 332 g/mol. The molecular formula is C24H27N2O. The van der Waals surface area contributed by atoms with Gasteiger partial charge in [-0.2, -0.15) is 0 Å². The van der Waals surface area contributed by atoms with E-state index in [9.17, 15) is 0 Å². The zero-order chi connectivity index (χ0) is 18.5. The Kier molecular flexibility index (Phi) is 5.69. The molecule has 139 valence electrons. The van der Waals surface area contributed by atoms with E-state index in [1.165, 1.54) is 37.9 Å². The summed E-state index contributed by atoms with van der Waals surface area (Å²) in [6.07, 6.45) is 3.73. The van der Waals surface area contributed by atoms with Crippen LogP contribution in [0.2, 0.25) is 0 Å². The highest BCUT2D eigenvalue weighted by atomic mass is 16.5. The smallest absolute Gasteiger partial charge is 0.128 e. The number of nitrogens with zero attached hydrogens (tertiary/aromatic N) is 2. The first kappa shape index (κ1) is 18.0. The second kappa shape index (κ2) is 8.53. The highest BCUT2D eigenvalue weighted by Crippen LogP contribution is 2.25. The van der Waals surface area contributed by atoms with Crippen LogP contribution in [0.5, 0.6) is 5.75 Å². The van der Waals surface area contributed by atoms with Crippen LogP contribution in [0.3, 0.4) is 0 Å². The summed E-state index contributed by atoms with van der Waals surface area (Å²) in [5.41, 5.74) is 3.46. The van der Waals surface area contributed by atoms with Gasteiger partial charge in [0, 0.05) is 17.6 Å². The van der Waals surface area contributed by atoms with Crippen LogP contribution in [0, 0.1) is 18.9 Å². The second-order valence-corrected chi connectivity index (χ2v) is 7.52. The molecule has 0 bridgehead atoms. The van der Waals surface area contributed by atoms with Crippen LogP contribution in [0.1, 0.15) is 24.1 Å². The van der Waals surface area contributed by atoms with Crippen molar-refractivity contribution in [3.8, 4) is 5.75 Å². The minimum atomic E-state index is 0.727. The molecule has 1 fully saturated rings. The molecule has 3 aromatic rings. The molecule has 4 rings (SSSR count). The molecule has 3 nitrogen and oxygen atoms in total. The van der Waals surface area contributed by atoms with E-state index in [-0.39, 0.29) is 0 Å². The van der Waals surface area contributed by atoms with Crippen molar-refractivity contribution < 1.29 is 4.74 Å². The summed E-state index contributed by atoms with van der Waals surface area (Å²) in [6.45, 7) is 6.07. The number of likely N-dealkylation sites (tertiary alicyclic amines) is 1. The van der Waals surface area contributed by atoms with Crippen molar-refractivity contribution in [3.05, 3.63) is 71.9 Å². The van der Waals surface area contributed by atoms with Crippen LogP contribution in [-0.2, 0) is 6.42 Å². The fourth-order valence-corrected chi connectivity index (χ4v) is 3.94. The topological polar surface area (TPSA) is 25.4 Å². The lowest BCUT2D eigenvalue weighted by Gasteiger charge is -2.32. The minimum absolute atomic E-state index is 0.727. The Morgan fingerprint density at radius 1 is 1.11 bits per heavy atom. The molecule has 2 aromatic carbocycles. The molecule has 0 saturated carbocycles. The SMILES string of the molecule is Cc1ccc2c(OCCN3CCC(Cc4c[c]ccc4)CC3)cccc2n1. The van der Waals surface area contributed by atoms with Gasteiger partial charge in [-0.15, -0.1) is 0 Å². The third-order valence-electron chi connectivity index (χ3n) is 5.50. The summed E-state index contributed by atoms with van der Waals surface area (Å²) in [7, 11) is 0. The van der Waals surface area contributed by atoms with Gasteiger partial charge in [-0.3, -0.25) is 9.88 Å². The summed E-state index contributed by atoms with van der Waals surface area (Å²) in [5.74, 6) is 1.74. The number of piperidine rings is 1. The van der Waals surface area contributed by atoms with Crippen LogP contribution >= 0.6 is 0 Å². The molecule has 1 aromatic heterocycles. The lowest BCUT2D eigenvalue weighted by Crippen LogP contribution is -2.37. The molecule has 1 radical (unpaired) electrons. The highest BCUT2D eigenvalue weighted by molar-refractivity contribution is 5.85. The third kappa shape index (κ3) is 4.67. The largest absolute Gasteiger partial charge is 0.492 e. The predicted octanol–water partition coefficient (Wildman–Crippen LogP) is 4.68. The van der Waals surface area contributed by atoms with Crippen LogP contribution in [0.15, 0.2) is 54.6 Å². The van der Waals surface area contributed by atoms with Crippen LogP contribution in [0.25, 0.3) is 10.9 Å². The summed E-state index contributed by atoms with van der Waals surface area (Å²) >= 11 is 0. The maximum atomic E-state index is 6.10. The van der Waals surface area contributed by atoms with E-state index in [0.29, 0.717) is 0 Å². The maximum absolute atomic E-state index is 6.10. The van der Waals surface area contributed by atoms with Gasteiger partial charge < -0.3 is 4.74 Å². The Labute approximate surface area is 162 Å². The van der Waals surface area contributed by atoms with Crippen molar-refractivity contribution in [2.45, 2.75) is 26.2 Å². The summed E-state index contributed by atoms with van der Waals surface area (Å²) in [4.78, 5) is 7.11. The van der Waals surface area contributed by atoms with Gasteiger partial charge in [-0.05, 0) is 81.1 Å². The van der Waals surface area contributed by atoms with Crippen molar-refractivity contribution in [2.24, 2.45) is 5.92 Å². The van der Waals surface area contributed by atoms with E-state index in [4.69, 9.17) is 4.74 Å². The van der Waals surface area contributed by atoms with Gasteiger partial charge in [0.2, 0.25) is 0 Å². The Balaban J connectivity index is 1.25. The minimum Gasteiger partial charge on any atom is -0.492 e. The lowest BCUT2D eigenvalue weighted by atomic mass is 9.90. The highest BCUT2D eigenvalue weighted by Gasteiger charge is 2.19. The van der Waals surface area contributed by atoms with Crippen molar-refractivity contribution in [1.82, 2.24) is 9.88 Å². The molecule has 1 aliphatic heterocycles. The molecule has 0 atom stereocenters. The monoisotopic (exact) mass is 359 g/mol. The van der Waals surface area contributed by atoms with E-state index in [2.05, 4.69) is 40.2 Å². The number of aromatic nitrogens is 1. The van der Waals surface area contributed by atoms with Crippen molar-refractivity contribution in [1.29, 1.82) is 0 Å². The van der Waals surface area contributed by atoms with E-state index < -0.39 is 0 Å². The lowest BCUT2D eigenvalue weighted by molar-refractivity contribution is 0.155. The molecule has 0 spiro atoms. The normalized spacial score (nSPS) is 15.9. The molecule has 27 heavy (non-hydrogen) atoms. The zero-order valence-electron chi connectivity index (χ0n) is 16.0. The Hall–Kier alpha value is -2.39. The first-order valence-corrected chi connectivity index (χ1v) is 9.94. The molecule has 1 saturated heterocycles. The number of ether oxygens (including phenoxy) is 1. The average Bonchev–Trinajstić information content (AvgIpc) is 2.70. The quantitative estimate of drug-likeness (QED) is 0.639.